The zero-order chi connectivity index (χ0) is 12.1. The number of hydrogen-bond acceptors (Lipinski definition) is 3. The Bertz CT molecular complexity index is 418. The fraction of sp³-hybridized carbons (Fsp3) is 0.385. The molecule has 0 saturated carbocycles. The molecular weight excluding hydrogens is 214 g/mol. The summed E-state index contributed by atoms with van der Waals surface area (Å²) < 4.78 is 0. The van der Waals surface area contributed by atoms with Gasteiger partial charge in [0, 0.05) is 13.1 Å². The zero-order valence-corrected chi connectivity index (χ0v) is 10.0. The molecule has 0 spiro atoms. The number of nitrogens with one attached hydrogen (secondary N) is 1. The minimum Gasteiger partial charge on any atom is -0.313 e. The van der Waals surface area contributed by atoms with E-state index in [4.69, 9.17) is 0 Å². The van der Waals surface area contributed by atoms with Gasteiger partial charge in [0.15, 0.2) is 0 Å². The maximum Gasteiger partial charge on any atom is 0.212 e. The molecule has 0 radical (unpaired) electrons. The lowest BCUT2D eigenvalue weighted by Gasteiger charge is -2.23. The van der Waals surface area contributed by atoms with Crippen molar-refractivity contribution in [2.45, 2.75) is 12.8 Å². The molecule has 90 valence electrons. The summed E-state index contributed by atoms with van der Waals surface area (Å²) >= 11 is 0. The summed E-state index contributed by atoms with van der Waals surface area (Å²) in [7, 11) is 2.14. The van der Waals surface area contributed by atoms with Crippen LogP contribution in [0.4, 0.5) is 5.82 Å². The van der Waals surface area contributed by atoms with Crippen LogP contribution >= 0.6 is 0 Å². The largest absolute Gasteiger partial charge is 0.313 e. The van der Waals surface area contributed by atoms with Crippen molar-refractivity contribution in [2.75, 3.05) is 25.5 Å². The van der Waals surface area contributed by atoms with Crippen molar-refractivity contribution in [3.8, 4) is 0 Å². The van der Waals surface area contributed by atoms with E-state index in [9.17, 15) is 4.79 Å². The van der Waals surface area contributed by atoms with Gasteiger partial charge >= 0.3 is 0 Å². The molecular formula is C13H17N3O. The van der Waals surface area contributed by atoms with Gasteiger partial charge in [-0.25, -0.2) is 4.98 Å². The number of anilines is 1. The van der Waals surface area contributed by atoms with Crippen LogP contribution in [-0.4, -0.2) is 36.4 Å². The van der Waals surface area contributed by atoms with Gasteiger partial charge in [-0.2, -0.15) is 0 Å². The van der Waals surface area contributed by atoms with Crippen LogP contribution in [0.1, 0.15) is 18.5 Å². The molecule has 17 heavy (non-hydrogen) atoms. The van der Waals surface area contributed by atoms with Crippen LogP contribution in [0.15, 0.2) is 23.8 Å². The van der Waals surface area contributed by atoms with Crippen molar-refractivity contribution in [3.05, 3.63) is 29.5 Å². The summed E-state index contributed by atoms with van der Waals surface area (Å²) in [4.78, 5) is 17.0. The Morgan fingerprint density at radius 3 is 2.82 bits per heavy atom. The third-order valence-corrected chi connectivity index (χ3v) is 2.96. The molecule has 0 unspecified atom stereocenters. The Hall–Kier alpha value is -1.68. The molecule has 0 aromatic carbocycles. The second-order valence-corrected chi connectivity index (χ2v) is 4.32. The molecule has 1 N–H and O–H groups in total. The maximum atomic E-state index is 10.3. The highest BCUT2D eigenvalue weighted by molar-refractivity contribution is 5.69. The summed E-state index contributed by atoms with van der Waals surface area (Å²) in [5.41, 5.74) is 2.34. The van der Waals surface area contributed by atoms with Gasteiger partial charge in [0.25, 0.3) is 0 Å². The topological polar surface area (TPSA) is 45.2 Å². The van der Waals surface area contributed by atoms with E-state index >= 15 is 0 Å². The summed E-state index contributed by atoms with van der Waals surface area (Å²) in [5.74, 6) is 0.599. The van der Waals surface area contributed by atoms with Crippen molar-refractivity contribution >= 4 is 18.3 Å². The van der Waals surface area contributed by atoms with Gasteiger partial charge in [-0.15, -0.1) is 0 Å². The minimum atomic E-state index is 0.599. The highest BCUT2D eigenvalue weighted by Gasteiger charge is 2.09. The molecule has 1 aliphatic heterocycles. The monoisotopic (exact) mass is 231 g/mol. The average Bonchev–Trinajstić information content (AvgIpc) is 2.33. The highest BCUT2D eigenvalue weighted by Crippen LogP contribution is 2.18. The van der Waals surface area contributed by atoms with E-state index in [-0.39, 0.29) is 0 Å². The molecule has 2 heterocycles. The van der Waals surface area contributed by atoms with E-state index in [1.165, 1.54) is 5.57 Å². The quantitative estimate of drug-likeness (QED) is 0.806. The van der Waals surface area contributed by atoms with Crippen LogP contribution in [0.3, 0.4) is 0 Å². The lowest BCUT2D eigenvalue weighted by molar-refractivity contribution is -0.105. The van der Waals surface area contributed by atoms with Gasteiger partial charge in [-0.1, -0.05) is 11.6 Å². The molecule has 4 heteroatoms. The number of amides is 1. The third-order valence-electron chi connectivity index (χ3n) is 2.96. The Kier molecular flexibility index (Phi) is 3.88. The van der Waals surface area contributed by atoms with Gasteiger partial charge in [-0.3, -0.25) is 4.79 Å². The number of pyridine rings is 1. The van der Waals surface area contributed by atoms with E-state index in [1.807, 2.05) is 12.1 Å². The van der Waals surface area contributed by atoms with Gasteiger partial charge in [-0.05, 0) is 38.1 Å². The van der Waals surface area contributed by atoms with E-state index in [0.29, 0.717) is 12.2 Å². The molecule has 1 fully saturated rings. The summed E-state index contributed by atoms with van der Waals surface area (Å²) in [6, 6.07) is 5.65. The van der Waals surface area contributed by atoms with Crippen molar-refractivity contribution in [2.24, 2.45) is 0 Å². The molecule has 1 amide bonds. The fourth-order valence-electron chi connectivity index (χ4n) is 1.93. The Morgan fingerprint density at radius 2 is 2.12 bits per heavy atom. The first-order chi connectivity index (χ1) is 8.28. The first-order valence-electron chi connectivity index (χ1n) is 5.83. The number of nitrogens with zero attached hydrogens (tertiary/aromatic N) is 2. The summed E-state index contributed by atoms with van der Waals surface area (Å²) in [6.45, 7) is 2.22. The van der Waals surface area contributed by atoms with Gasteiger partial charge < -0.3 is 10.2 Å². The molecule has 4 nitrogen and oxygen atoms in total. The first kappa shape index (κ1) is 11.8. The lowest BCUT2D eigenvalue weighted by atomic mass is 10.0. The molecule has 1 aliphatic rings. The van der Waals surface area contributed by atoms with Crippen LogP contribution < -0.4 is 5.32 Å². The maximum absolute atomic E-state index is 10.3. The van der Waals surface area contributed by atoms with Gasteiger partial charge in [0.2, 0.25) is 6.41 Å². The Morgan fingerprint density at radius 1 is 1.35 bits per heavy atom. The molecule has 1 saturated heterocycles. The van der Waals surface area contributed by atoms with Crippen LogP contribution in [-0.2, 0) is 4.79 Å². The summed E-state index contributed by atoms with van der Waals surface area (Å²) in [5, 5.41) is 2.56. The molecule has 1 aromatic rings. The van der Waals surface area contributed by atoms with Crippen LogP contribution in [0.5, 0.6) is 0 Å². The smallest absolute Gasteiger partial charge is 0.212 e. The van der Waals surface area contributed by atoms with E-state index in [2.05, 4.69) is 28.3 Å². The van der Waals surface area contributed by atoms with Crippen molar-refractivity contribution < 1.29 is 4.79 Å². The van der Waals surface area contributed by atoms with Crippen LogP contribution in [0, 0.1) is 0 Å². The van der Waals surface area contributed by atoms with Gasteiger partial charge in [0.05, 0.1) is 5.69 Å². The normalized spacial score (nSPS) is 16.6. The lowest BCUT2D eigenvalue weighted by Crippen LogP contribution is -2.26. The van der Waals surface area contributed by atoms with E-state index in [0.717, 1.165) is 31.6 Å². The predicted octanol–water partition coefficient (Wildman–Crippen LogP) is 1.76. The predicted molar refractivity (Wildman–Crippen MR) is 68.6 cm³/mol. The SMILES string of the molecule is CN1CCC(=Cc2cccc(NC=O)n2)CC1. The molecule has 0 aliphatic carbocycles. The van der Waals surface area contributed by atoms with E-state index < -0.39 is 0 Å². The molecule has 0 bridgehead atoms. The van der Waals surface area contributed by atoms with Crippen LogP contribution in [0.25, 0.3) is 6.08 Å². The first-order valence-corrected chi connectivity index (χ1v) is 5.83. The van der Waals surface area contributed by atoms with E-state index in [1.54, 1.807) is 6.07 Å². The molecule has 1 aromatic heterocycles. The Labute approximate surface area is 101 Å². The zero-order valence-electron chi connectivity index (χ0n) is 10.0. The Balaban J connectivity index is 2.09. The second-order valence-electron chi connectivity index (χ2n) is 4.32. The standard InChI is InChI=1S/C13H17N3O/c1-16-7-5-11(6-8-16)9-12-3-2-4-13(15-12)14-10-17/h2-4,9-10H,5-8H2,1H3,(H,14,15,17). The average molecular weight is 231 g/mol. The number of carbonyl (C=O) groups excluding carboxylic acids is 1. The van der Waals surface area contributed by atoms with Crippen LogP contribution in [0.2, 0.25) is 0 Å². The van der Waals surface area contributed by atoms with Crippen molar-refractivity contribution in [1.82, 2.24) is 9.88 Å². The molecule has 0 atom stereocenters. The number of hydrogen-bond donors (Lipinski definition) is 1. The fourth-order valence-corrected chi connectivity index (χ4v) is 1.93. The van der Waals surface area contributed by atoms with Crippen molar-refractivity contribution in [3.63, 3.8) is 0 Å². The number of likely N-dealkylation sites (tertiary alicyclic amines) is 1. The van der Waals surface area contributed by atoms with Crippen molar-refractivity contribution in [1.29, 1.82) is 0 Å². The third kappa shape index (κ3) is 3.39. The highest BCUT2D eigenvalue weighted by atomic mass is 16.1. The van der Waals surface area contributed by atoms with Gasteiger partial charge in [0.1, 0.15) is 5.82 Å². The number of rotatable bonds is 3. The molecule has 2 rings (SSSR count). The number of piperidine rings is 1. The minimum absolute atomic E-state index is 0.599. The number of carbonyl (C=O) groups is 1. The number of aromatic nitrogens is 1. The second kappa shape index (κ2) is 5.59. The summed E-state index contributed by atoms with van der Waals surface area (Å²) in [6.07, 6.45) is 4.98.